The standard InChI is InChI=1S/C45H33BF2N3/c47-46(48)50-42(34-19-8-2-9-20-34)30-40(33-17-6-1-7-18-33)44(50)32-45-41(31-43(51(45)46)35-21-10-3-11-22-35)36-23-16-28-39(29-36)49(37-24-12-4-13-25-37)38-26-14-5-15-27-38/h1-32,50H/q+1. The van der Waals surface area contributed by atoms with Crippen molar-refractivity contribution in [1.29, 1.82) is 0 Å². The summed E-state index contributed by atoms with van der Waals surface area (Å²) in [5.41, 5.74) is 9.92. The number of nitrogens with zero attached hydrogens (tertiary/aromatic N) is 2. The second-order valence-corrected chi connectivity index (χ2v) is 12.9. The van der Waals surface area contributed by atoms with Crippen molar-refractivity contribution in [3.8, 4) is 0 Å². The Balaban J connectivity index is 1.26. The van der Waals surface area contributed by atoms with Crippen LogP contribution in [0, 0.1) is 0 Å². The van der Waals surface area contributed by atoms with Gasteiger partial charge in [-0.15, -0.1) is 0 Å². The largest absolute Gasteiger partial charge is 0.855 e. The summed E-state index contributed by atoms with van der Waals surface area (Å²) >= 11 is 0. The van der Waals surface area contributed by atoms with Gasteiger partial charge in [0.2, 0.25) is 0 Å². The third-order valence-corrected chi connectivity index (χ3v) is 9.87. The average molecular weight is 665 g/mol. The first-order valence-corrected chi connectivity index (χ1v) is 17.2. The fourth-order valence-corrected chi connectivity index (χ4v) is 7.61. The number of nitrogens with one attached hydrogen (secondary N) is 1. The second kappa shape index (κ2) is 12.5. The molecule has 3 aliphatic heterocycles. The molecule has 6 heteroatoms. The molecule has 0 aromatic heterocycles. The summed E-state index contributed by atoms with van der Waals surface area (Å²) in [6.07, 6.45) is 5.89. The maximum Gasteiger partial charge on any atom is 0.855 e. The Morgan fingerprint density at radius 3 is 1.55 bits per heavy atom. The first-order chi connectivity index (χ1) is 25.1. The van der Waals surface area contributed by atoms with Gasteiger partial charge >= 0.3 is 6.97 Å². The van der Waals surface area contributed by atoms with Crippen LogP contribution in [0.15, 0.2) is 206 Å². The highest BCUT2D eigenvalue weighted by molar-refractivity contribution is 6.52. The van der Waals surface area contributed by atoms with E-state index in [2.05, 4.69) is 41.3 Å². The fraction of sp³-hybridized carbons (Fsp3) is 0. The van der Waals surface area contributed by atoms with Crippen LogP contribution in [0.2, 0.25) is 0 Å². The van der Waals surface area contributed by atoms with Crippen molar-refractivity contribution in [1.82, 2.24) is 0 Å². The van der Waals surface area contributed by atoms with Gasteiger partial charge in [0.15, 0.2) is 11.4 Å². The SMILES string of the molecule is F[B-]1(F)[N+]2=C(c3ccccc3)C=C(c3cccc(N(c4ccccc4)c4ccccc4)c3)C2=CC2=C(c3ccccc3)C=C(c3ccccc3)[NH+]21. The molecule has 0 fully saturated rings. The minimum atomic E-state index is -4.27. The third-order valence-electron chi connectivity index (χ3n) is 9.87. The summed E-state index contributed by atoms with van der Waals surface area (Å²) in [5, 5.41) is 0. The fourth-order valence-electron chi connectivity index (χ4n) is 7.61. The summed E-state index contributed by atoms with van der Waals surface area (Å²) in [5.74, 6) is 0. The van der Waals surface area contributed by atoms with Gasteiger partial charge in [-0.1, -0.05) is 115 Å². The van der Waals surface area contributed by atoms with E-state index in [-0.39, 0.29) is 4.81 Å². The van der Waals surface area contributed by atoms with Crippen molar-refractivity contribution in [2.45, 2.75) is 0 Å². The van der Waals surface area contributed by atoms with Crippen molar-refractivity contribution in [3.05, 3.63) is 228 Å². The Kier molecular flexibility index (Phi) is 7.52. The Morgan fingerprint density at radius 1 is 0.471 bits per heavy atom. The van der Waals surface area contributed by atoms with Gasteiger partial charge in [-0.2, -0.15) is 0 Å². The molecule has 1 unspecified atom stereocenters. The monoisotopic (exact) mass is 664 g/mol. The number of allylic oxidation sites excluding steroid dienone is 5. The lowest BCUT2D eigenvalue weighted by Crippen LogP contribution is -3.19. The molecular weight excluding hydrogens is 631 g/mol. The van der Waals surface area contributed by atoms with E-state index >= 15 is 8.63 Å². The molecule has 3 heterocycles. The van der Waals surface area contributed by atoms with Crippen LogP contribution < -0.4 is 9.71 Å². The van der Waals surface area contributed by atoms with Gasteiger partial charge in [0.1, 0.15) is 11.4 Å². The van der Waals surface area contributed by atoms with E-state index in [1.54, 1.807) is 0 Å². The van der Waals surface area contributed by atoms with E-state index < -0.39 is 6.97 Å². The van der Waals surface area contributed by atoms with Crippen molar-refractivity contribution in [2.24, 2.45) is 0 Å². The first-order valence-electron chi connectivity index (χ1n) is 17.2. The number of hydrogen-bond acceptors (Lipinski definition) is 1. The molecule has 9 rings (SSSR count). The molecule has 1 atom stereocenters. The second-order valence-electron chi connectivity index (χ2n) is 12.9. The predicted octanol–water partition coefficient (Wildman–Crippen LogP) is 9.68. The minimum Gasteiger partial charge on any atom is -0.346 e. The Bertz CT molecular complexity index is 2380. The average Bonchev–Trinajstić information content (AvgIpc) is 3.78. The number of anilines is 3. The zero-order valence-electron chi connectivity index (χ0n) is 27.7. The maximum atomic E-state index is 17.8. The number of quaternary nitrogens is 1. The van der Waals surface area contributed by atoms with Gasteiger partial charge in [0, 0.05) is 45.9 Å². The number of fused-ring (bicyclic) bond motifs is 2. The number of benzene rings is 6. The third kappa shape index (κ3) is 5.28. The number of rotatable bonds is 7. The van der Waals surface area contributed by atoms with Crippen LogP contribution in [-0.2, 0) is 0 Å². The Hall–Kier alpha value is -6.37. The zero-order valence-corrected chi connectivity index (χ0v) is 27.7. The number of hydrogen-bond donors (Lipinski definition) is 1. The van der Waals surface area contributed by atoms with Crippen LogP contribution in [0.4, 0.5) is 25.7 Å². The van der Waals surface area contributed by atoms with E-state index in [0.717, 1.165) is 50.5 Å². The van der Waals surface area contributed by atoms with E-state index in [0.29, 0.717) is 22.8 Å². The molecule has 3 aliphatic rings. The Labute approximate surface area is 296 Å². The summed E-state index contributed by atoms with van der Waals surface area (Å²) in [7, 11) is 0. The molecule has 0 amide bonds. The van der Waals surface area contributed by atoms with E-state index in [4.69, 9.17) is 0 Å². The lowest BCUT2D eigenvalue weighted by molar-refractivity contribution is -0.735. The molecule has 0 aliphatic carbocycles. The summed E-state index contributed by atoms with van der Waals surface area (Å²) in [6, 6.07) is 57.6. The van der Waals surface area contributed by atoms with Gasteiger partial charge in [0.05, 0.1) is 11.6 Å². The highest BCUT2D eigenvalue weighted by atomic mass is 19.2. The maximum absolute atomic E-state index is 17.8. The van der Waals surface area contributed by atoms with E-state index in [1.807, 2.05) is 158 Å². The normalized spacial score (nSPS) is 17.4. The molecule has 0 spiro atoms. The molecule has 6 aromatic rings. The molecule has 0 radical (unpaired) electrons. The lowest BCUT2D eigenvalue weighted by Gasteiger charge is -2.34. The van der Waals surface area contributed by atoms with Crippen molar-refractivity contribution in [3.63, 3.8) is 0 Å². The van der Waals surface area contributed by atoms with Crippen LogP contribution >= 0.6 is 0 Å². The first kappa shape index (κ1) is 30.7. The molecule has 1 N–H and O–H groups in total. The zero-order chi connectivity index (χ0) is 34.4. The number of para-hydroxylation sites is 2. The van der Waals surface area contributed by atoms with Crippen LogP contribution in [0.3, 0.4) is 0 Å². The summed E-state index contributed by atoms with van der Waals surface area (Å²) < 4.78 is 36.9. The molecule has 0 saturated heterocycles. The molecule has 3 nitrogen and oxygen atoms in total. The van der Waals surface area contributed by atoms with Crippen molar-refractivity contribution in [2.75, 3.05) is 4.90 Å². The van der Waals surface area contributed by atoms with Crippen LogP contribution in [-0.4, -0.2) is 17.2 Å². The van der Waals surface area contributed by atoms with E-state index in [1.165, 1.54) is 4.49 Å². The topological polar surface area (TPSA) is 10.7 Å². The molecule has 0 saturated carbocycles. The lowest BCUT2D eigenvalue weighted by atomic mass is 9.84. The van der Waals surface area contributed by atoms with E-state index in [9.17, 15) is 0 Å². The quantitative estimate of drug-likeness (QED) is 0.168. The minimum absolute atomic E-state index is 0.0833. The van der Waals surface area contributed by atoms with Gasteiger partial charge in [-0.3, -0.25) is 4.49 Å². The van der Waals surface area contributed by atoms with Crippen LogP contribution in [0.25, 0.3) is 16.8 Å². The van der Waals surface area contributed by atoms with Gasteiger partial charge in [-0.05, 0) is 71.8 Å². The highest BCUT2D eigenvalue weighted by Crippen LogP contribution is 2.42. The van der Waals surface area contributed by atoms with Crippen molar-refractivity contribution < 1.29 is 17.9 Å². The summed E-state index contributed by atoms with van der Waals surface area (Å²) in [4.78, 5) is 2.28. The van der Waals surface area contributed by atoms with Gasteiger partial charge < -0.3 is 18.3 Å². The molecular formula is C45H33BF2N3+. The number of halogens is 2. The van der Waals surface area contributed by atoms with Gasteiger partial charge in [-0.25, -0.2) is 0 Å². The predicted molar refractivity (Wildman–Crippen MR) is 205 cm³/mol. The van der Waals surface area contributed by atoms with Crippen LogP contribution in [0.5, 0.6) is 0 Å². The molecule has 244 valence electrons. The molecule has 51 heavy (non-hydrogen) atoms. The Morgan fingerprint density at radius 2 is 0.961 bits per heavy atom. The molecule has 6 aromatic carbocycles. The van der Waals surface area contributed by atoms with Gasteiger partial charge in [0.25, 0.3) is 0 Å². The van der Waals surface area contributed by atoms with Crippen LogP contribution in [0.1, 0.15) is 22.3 Å². The molecule has 0 bridgehead atoms. The highest BCUT2D eigenvalue weighted by Gasteiger charge is 2.66. The summed E-state index contributed by atoms with van der Waals surface area (Å²) in [6.45, 7) is -4.27. The van der Waals surface area contributed by atoms with Crippen molar-refractivity contribution >= 4 is 46.6 Å². The smallest absolute Gasteiger partial charge is 0.346 e.